The Balaban J connectivity index is 2.65. The van der Waals surface area contributed by atoms with Crippen molar-refractivity contribution >= 4 is 49.9 Å². The summed E-state index contributed by atoms with van der Waals surface area (Å²) in [5.41, 5.74) is 6.80. The zero-order valence-electron chi connectivity index (χ0n) is 17.5. The Bertz CT molecular complexity index is 817. The Morgan fingerprint density at radius 1 is 1.00 bits per heavy atom. The van der Waals surface area contributed by atoms with E-state index in [2.05, 4.69) is 41.8 Å². The van der Waals surface area contributed by atoms with Crippen molar-refractivity contribution in [2.24, 2.45) is 5.73 Å². The van der Waals surface area contributed by atoms with Crippen molar-refractivity contribution in [3.8, 4) is 17.2 Å². The van der Waals surface area contributed by atoms with E-state index in [1.54, 1.807) is 24.3 Å². The molecule has 1 atom stereocenters. The molecule has 0 aliphatic carbocycles. The molecule has 0 unspecified atom stereocenters. The van der Waals surface area contributed by atoms with Gasteiger partial charge in [-0.3, -0.25) is 0 Å². The maximum absolute atomic E-state index is 11.3. The molecule has 0 aliphatic heterocycles. The van der Waals surface area contributed by atoms with Crippen LogP contribution < -0.4 is 17.6 Å². The molecule has 0 spiro atoms. The summed E-state index contributed by atoms with van der Waals surface area (Å²) in [6, 6.07) is 10.1. The van der Waals surface area contributed by atoms with E-state index < -0.39 is 48.8 Å². The predicted octanol–water partition coefficient (Wildman–Crippen LogP) is 3.23. The SMILES string of the molecule is [CH3][Sn]([CH3])([CH3])[c]1cc(C[C@H](N)C(=O)O)c[c]([Sn]([CH3])([CH3])[CH3])c1Oc1ccc(O)cc1. The van der Waals surface area contributed by atoms with Crippen molar-refractivity contribution < 1.29 is 19.7 Å². The second kappa shape index (κ2) is 8.83. The monoisotopic (exact) mass is 601 g/mol. The van der Waals surface area contributed by atoms with E-state index >= 15 is 0 Å². The van der Waals surface area contributed by atoms with Gasteiger partial charge < -0.3 is 0 Å². The number of rotatable bonds is 7. The number of ether oxygens (including phenoxy) is 1. The van der Waals surface area contributed by atoms with Crippen LogP contribution in [0.5, 0.6) is 17.2 Å². The van der Waals surface area contributed by atoms with Gasteiger partial charge in [-0.05, 0) is 0 Å². The van der Waals surface area contributed by atoms with Crippen molar-refractivity contribution in [2.75, 3.05) is 0 Å². The number of hydrogen-bond acceptors (Lipinski definition) is 4. The van der Waals surface area contributed by atoms with Gasteiger partial charge >= 0.3 is 177 Å². The van der Waals surface area contributed by atoms with Crippen LogP contribution >= 0.6 is 0 Å². The van der Waals surface area contributed by atoms with Crippen molar-refractivity contribution in [3.63, 3.8) is 0 Å². The molecule has 4 N–H and O–H groups in total. The molecule has 28 heavy (non-hydrogen) atoms. The predicted molar refractivity (Wildman–Crippen MR) is 120 cm³/mol. The van der Waals surface area contributed by atoms with Crippen molar-refractivity contribution in [3.05, 3.63) is 42.0 Å². The van der Waals surface area contributed by atoms with Gasteiger partial charge in [0.05, 0.1) is 0 Å². The molecule has 7 heteroatoms. The molecular formula is C21H31NO4Sn2. The van der Waals surface area contributed by atoms with Gasteiger partial charge in [0.1, 0.15) is 0 Å². The average molecular weight is 599 g/mol. The topological polar surface area (TPSA) is 92.8 Å². The summed E-state index contributed by atoms with van der Waals surface area (Å²) in [7, 11) is 0. The van der Waals surface area contributed by atoms with Gasteiger partial charge in [0.25, 0.3) is 0 Å². The van der Waals surface area contributed by atoms with Crippen LogP contribution in [0.25, 0.3) is 0 Å². The molecule has 152 valence electrons. The number of aromatic hydroxyl groups is 1. The third-order valence-electron chi connectivity index (χ3n) is 4.59. The number of phenolic OH excluding ortho intramolecular Hbond substituents is 1. The van der Waals surface area contributed by atoms with Crippen molar-refractivity contribution in [2.45, 2.75) is 42.1 Å². The van der Waals surface area contributed by atoms with Crippen molar-refractivity contribution in [1.29, 1.82) is 0 Å². The third kappa shape index (κ3) is 6.03. The van der Waals surface area contributed by atoms with E-state index in [1.165, 1.54) is 7.16 Å². The fourth-order valence-electron chi connectivity index (χ4n) is 3.00. The minimum absolute atomic E-state index is 0.204. The van der Waals surface area contributed by atoms with Gasteiger partial charge in [-0.2, -0.15) is 0 Å². The van der Waals surface area contributed by atoms with Gasteiger partial charge in [-0.25, -0.2) is 0 Å². The molecule has 0 bridgehead atoms. The molecule has 5 nitrogen and oxygen atoms in total. The molecule has 0 fully saturated rings. The molecule has 0 aromatic heterocycles. The maximum atomic E-state index is 11.3. The van der Waals surface area contributed by atoms with E-state index in [4.69, 9.17) is 10.5 Å². The van der Waals surface area contributed by atoms with E-state index in [0.717, 1.165) is 11.3 Å². The molecule has 2 rings (SSSR count). The number of aliphatic carboxylic acids is 1. The Hall–Kier alpha value is -0.933. The number of hydrogen-bond donors (Lipinski definition) is 3. The van der Waals surface area contributed by atoms with Gasteiger partial charge in [0.15, 0.2) is 0 Å². The summed E-state index contributed by atoms with van der Waals surface area (Å²) >= 11 is -5.22. The van der Waals surface area contributed by atoms with Crippen LogP contribution in [0.15, 0.2) is 36.4 Å². The number of phenols is 1. The molecule has 0 heterocycles. The van der Waals surface area contributed by atoms with Gasteiger partial charge in [-0.1, -0.05) is 0 Å². The number of nitrogens with two attached hydrogens (primary N) is 1. The van der Waals surface area contributed by atoms with E-state index in [9.17, 15) is 15.0 Å². The fourth-order valence-corrected chi connectivity index (χ4v) is 12.5. The van der Waals surface area contributed by atoms with Crippen LogP contribution in [0.1, 0.15) is 5.56 Å². The van der Waals surface area contributed by atoms with Crippen molar-refractivity contribution in [1.82, 2.24) is 0 Å². The average Bonchev–Trinajstić information content (AvgIpc) is 2.55. The van der Waals surface area contributed by atoms with Crippen LogP contribution in [0.3, 0.4) is 0 Å². The molecule has 0 amide bonds. The van der Waals surface area contributed by atoms with E-state index in [0.29, 0.717) is 12.2 Å². The first-order chi connectivity index (χ1) is 12.8. The Labute approximate surface area is 175 Å². The molecule has 0 aliphatic rings. The van der Waals surface area contributed by atoms with Crippen LogP contribution in [0, 0.1) is 0 Å². The van der Waals surface area contributed by atoms with Crippen LogP contribution in [0.4, 0.5) is 0 Å². The first-order valence-corrected chi connectivity index (χ1v) is 29.4. The summed E-state index contributed by atoms with van der Waals surface area (Å²) in [4.78, 5) is 25.2. The zero-order chi connectivity index (χ0) is 21.3. The van der Waals surface area contributed by atoms with Gasteiger partial charge in [0, 0.05) is 0 Å². The molecular weight excluding hydrogens is 568 g/mol. The quantitative estimate of drug-likeness (QED) is 0.426. The standard InChI is InChI=1S/C15H13NO4.6CH3.2Sn/c16-14(15(18)19)9-10-1-5-12(6-2-10)20-13-7-3-11(17)4-8-13;;;;;;;;/h1-4,7-8,14,17H,9,16H2,(H,18,19);6*1H3;;/t14-;;;;;;;;/m0......../s1. The number of carboxylic acid groups (broad SMARTS) is 1. The second-order valence-corrected chi connectivity index (χ2v) is 38.0. The van der Waals surface area contributed by atoms with Crippen LogP contribution in [-0.4, -0.2) is 59.0 Å². The number of carboxylic acids is 1. The molecule has 0 saturated heterocycles. The minimum atomic E-state index is -2.61. The Kier molecular flexibility index (Phi) is 7.36. The van der Waals surface area contributed by atoms with Gasteiger partial charge in [-0.15, -0.1) is 0 Å². The Morgan fingerprint density at radius 2 is 1.46 bits per heavy atom. The van der Waals surface area contributed by atoms with Crippen LogP contribution in [0.2, 0.25) is 29.6 Å². The molecule has 2 aromatic carbocycles. The first kappa shape index (κ1) is 23.3. The summed E-state index contributed by atoms with van der Waals surface area (Å²) in [5, 5.41) is 18.8. The summed E-state index contributed by atoms with van der Waals surface area (Å²) in [6.07, 6.45) is 0.318. The second-order valence-electron chi connectivity index (χ2n) is 9.26. The van der Waals surface area contributed by atoms with E-state index in [1.807, 2.05) is 0 Å². The Morgan fingerprint density at radius 3 is 1.86 bits per heavy atom. The first-order valence-electron chi connectivity index (χ1n) is 9.42. The number of benzene rings is 2. The normalized spacial score (nSPS) is 13.2. The van der Waals surface area contributed by atoms with Gasteiger partial charge in [0.2, 0.25) is 0 Å². The third-order valence-corrected chi connectivity index (χ3v) is 15.9. The zero-order valence-corrected chi connectivity index (χ0v) is 23.2. The summed E-state index contributed by atoms with van der Waals surface area (Å²) in [5.74, 6) is 0.869. The molecule has 2 aromatic rings. The summed E-state index contributed by atoms with van der Waals surface area (Å²) < 4.78 is 8.90. The fraction of sp³-hybridized carbons (Fsp3) is 0.381. The molecule has 0 radical (unpaired) electrons. The van der Waals surface area contributed by atoms with E-state index in [-0.39, 0.29) is 5.75 Å². The summed E-state index contributed by atoms with van der Waals surface area (Å²) in [6.45, 7) is 0. The van der Waals surface area contributed by atoms with Crippen LogP contribution in [-0.2, 0) is 11.2 Å². The molecule has 0 saturated carbocycles. The number of carbonyl (C=O) groups is 1.